The molecular weight excluding hydrogens is 454 g/mol. The van der Waals surface area contributed by atoms with E-state index >= 15 is 0 Å². The number of fused-ring (bicyclic) bond motifs is 1. The predicted octanol–water partition coefficient (Wildman–Crippen LogP) is 4.70. The van der Waals surface area contributed by atoms with E-state index in [0.717, 1.165) is 11.1 Å². The molecule has 4 rings (SSSR count). The van der Waals surface area contributed by atoms with Crippen molar-refractivity contribution in [2.45, 2.75) is 19.9 Å². The fourth-order valence-corrected chi connectivity index (χ4v) is 4.04. The number of carboxylic acids is 1. The molecule has 2 aromatic carbocycles. The van der Waals surface area contributed by atoms with Gasteiger partial charge in [0, 0.05) is 18.2 Å². The summed E-state index contributed by atoms with van der Waals surface area (Å²) < 4.78 is 1.46. The second-order valence-electron chi connectivity index (χ2n) is 7.94. The molecular formula is C25H20ClN5O3. The highest BCUT2D eigenvalue weighted by molar-refractivity contribution is 6.29. The number of rotatable bonds is 5. The van der Waals surface area contributed by atoms with Crippen molar-refractivity contribution in [3.63, 3.8) is 0 Å². The number of aryl methyl sites for hydroxylation is 1. The van der Waals surface area contributed by atoms with E-state index in [1.807, 2.05) is 19.9 Å². The maximum Gasteiger partial charge on any atom is 0.356 e. The van der Waals surface area contributed by atoms with Gasteiger partial charge in [0.05, 0.1) is 34.3 Å². The molecule has 4 aromatic rings. The first-order chi connectivity index (χ1) is 16.2. The van der Waals surface area contributed by atoms with Crippen molar-refractivity contribution in [2.75, 3.05) is 5.32 Å². The molecule has 9 heteroatoms. The number of aromatic nitrogens is 3. The predicted molar refractivity (Wildman–Crippen MR) is 130 cm³/mol. The Labute approximate surface area is 200 Å². The summed E-state index contributed by atoms with van der Waals surface area (Å²) in [5.41, 5.74) is 3.05. The van der Waals surface area contributed by atoms with Crippen molar-refractivity contribution in [1.82, 2.24) is 14.5 Å². The fraction of sp³-hybridized carbons (Fsp3) is 0.160. The zero-order valence-electron chi connectivity index (χ0n) is 18.6. The van der Waals surface area contributed by atoms with Crippen LogP contribution in [0.2, 0.25) is 5.15 Å². The Balaban J connectivity index is 1.90. The molecule has 2 aromatic heterocycles. The van der Waals surface area contributed by atoms with Gasteiger partial charge in [-0.25, -0.2) is 14.8 Å². The van der Waals surface area contributed by atoms with Gasteiger partial charge in [-0.05, 0) is 49.7 Å². The van der Waals surface area contributed by atoms with Crippen LogP contribution in [0.25, 0.3) is 22.3 Å². The highest BCUT2D eigenvalue weighted by Gasteiger charge is 2.20. The number of nitriles is 1. The van der Waals surface area contributed by atoms with Gasteiger partial charge in [-0.15, -0.1) is 0 Å². The molecule has 0 fully saturated rings. The van der Waals surface area contributed by atoms with Crippen molar-refractivity contribution in [3.8, 4) is 17.5 Å². The van der Waals surface area contributed by atoms with Crippen LogP contribution < -0.4 is 10.9 Å². The van der Waals surface area contributed by atoms with Crippen LogP contribution in [0.5, 0.6) is 0 Å². The number of carbonyl (C=O) groups is 1. The average Bonchev–Trinajstić information content (AvgIpc) is 2.82. The molecule has 1 atom stereocenters. The summed E-state index contributed by atoms with van der Waals surface area (Å²) >= 11 is 5.87. The Morgan fingerprint density at radius 1 is 1.21 bits per heavy atom. The van der Waals surface area contributed by atoms with E-state index in [1.54, 1.807) is 43.4 Å². The molecule has 0 amide bonds. The molecule has 0 aliphatic carbocycles. The van der Waals surface area contributed by atoms with Crippen molar-refractivity contribution in [3.05, 3.63) is 86.4 Å². The number of nitrogens with one attached hydrogen (secondary N) is 1. The number of pyridine rings is 1. The van der Waals surface area contributed by atoms with E-state index < -0.39 is 12.0 Å². The summed E-state index contributed by atoms with van der Waals surface area (Å²) in [6.07, 6.45) is 0. The number of halogens is 1. The SMILES string of the molecule is Cc1cc(C(C)Nc2ccc(Cl)nc2C(=O)O)c2nc(-c3cccc(C#N)c3)n(C)c(=O)c2c1. The highest BCUT2D eigenvalue weighted by atomic mass is 35.5. The first-order valence-corrected chi connectivity index (χ1v) is 10.8. The first-order valence-electron chi connectivity index (χ1n) is 10.4. The van der Waals surface area contributed by atoms with Crippen molar-refractivity contribution in [2.24, 2.45) is 7.05 Å². The quantitative estimate of drug-likeness (QED) is 0.403. The van der Waals surface area contributed by atoms with Crippen LogP contribution in [0.1, 0.15) is 40.1 Å². The Morgan fingerprint density at radius 3 is 2.68 bits per heavy atom. The molecule has 1 unspecified atom stereocenters. The molecule has 8 nitrogen and oxygen atoms in total. The molecule has 0 aliphatic heterocycles. The molecule has 0 saturated carbocycles. The van der Waals surface area contributed by atoms with Crippen LogP contribution in [0.4, 0.5) is 5.69 Å². The molecule has 34 heavy (non-hydrogen) atoms. The van der Waals surface area contributed by atoms with E-state index in [1.165, 1.54) is 10.6 Å². The van der Waals surface area contributed by atoms with Gasteiger partial charge in [-0.2, -0.15) is 5.26 Å². The zero-order chi connectivity index (χ0) is 24.6. The molecule has 0 aliphatic rings. The second-order valence-corrected chi connectivity index (χ2v) is 8.33. The van der Waals surface area contributed by atoms with E-state index in [-0.39, 0.29) is 16.4 Å². The Morgan fingerprint density at radius 2 is 1.97 bits per heavy atom. The lowest BCUT2D eigenvalue weighted by Crippen LogP contribution is -2.22. The van der Waals surface area contributed by atoms with Crippen LogP contribution in [0.3, 0.4) is 0 Å². The number of benzene rings is 2. The van der Waals surface area contributed by atoms with E-state index in [9.17, 15) is 20.0 Å². The normalized spacial score (nSPS) is 11.7. The number of carboxylic acid groups (broad SMARTS) is 1. The van der Waals surface area contributed by atoms with E-state index in [0.29, 0.717) is 33.5 Å². The highest BCUT2D eigenvalue weighted by Crippen LogP contribution is 2.29. The molecule has 0 spiro atoms. The van der Waals surface area contributed by atoms with Crippen LogP contribution in [-0.4, -0.2) is 25.6 Å². The van der Waals surface area contributed by atoms with Gasteiger partial charge in [0.2, 0.25) is 0 Å². The lowest BCUT2D eigenvalue weighted by molar-refractivity contribution is 0.0691. The molecule has 0 saturated heterocycles. The lowest BCUT2D eigenvalue weighted by Gasteiger charge is -2.20. The molecule has 0 radical (unpaired) electrons. The number of aromatic carboxylic acids is 1. The van der Waals surface area contributed by atoms with Gasteiger partial charge in [0.25, 0.3) is 5.56 Å². The summed E-state index contributed by atoms with van der Waals surface area (Å²) in [6, 6.07) is 15.3. The van der Waals surface area contributed by atoms with Gasteiger partial charge >= 0.3 is 5.97 Å². The summed E-state index contributed by atoms with van der Waals surface area (Å²) in [5, 5.41) is 22.5. The molecule has 2 heterocycles. The van der Waals surface area contributed by atoms with Crippen LogP contribution >= 0.6 is 11.6 Å². The van der Waals surface area contributed by atoms with Crippen LogP contribution in [-0.2, 0) is 7.05 Å². The van der Waals surface area contributed by atoms with Crippen LogP contribution in [0, 0.1) is 18.3 Å². The standard InChI is InChI=1S/C25H20ClN5O3/c1-13-9-17(14(2)28-19-7-8-20(26)29-22(19)25(33)34)21-18(10-13)24(32)31(3)23(30-21)16-6-4-5-15(11-16)12-27/h4-11,14,28H,1-3H3,(H,33,34). The third-order valence-electron chi connectivity index (χ3n) is 5.51. The average molecular weight is 474 g/mol. The Bertz CT molecular complexity index is 1560. The number of hydrogen-bond acceptors (Lipinski definition) is 6. The Hall–Kier alpha value is -4.22. The summed E-state index contributed by atoms with van der Waals surface area (Å²) in [6.45, 7) is 3.73. The fourth-order valence-electron chi connectivity index (χ4n) is 3.89. The smallest absolute Gasteiger partial charge is 0.356 e. The number of nitrogens with zero attached hydrogens (tertiary/aromatic N) is 4. The minimum atomic E-state index is -1.21. The van der Waals surface area contributed by atoms with Crippen molar-refractivity contribution < 1.29 is 9.90 Å². The maximum absolute atomic E-state index is 13.3. The number of hydrogen-bond donors (Lipinski definition) is 2. The summed E-state index contributed by atoms with van der Waals surface area (Å²) in [5.74, 6) is -0.788. The first kappa shape index (κ1) is 23.0. The topological polar surface area (TPSA) is 121 Å². The monoisotopic (exact) mass is 473 g/mol. The maximum atomic E-state index is 13.3. The van der Waals surface area contributed by atoms with Crippen molar-refractivity contribution >= 4 is 34.2 Å². The van der Waals surface area contributed by atoms with Crippen LogP contribution in [0.15, 0.2) is 53.3 Å². The summed E-state index contributed by atoms with van der Waals surface area (Å²) in [4.78, 5) is 33.7. The van der Waals surface area contributed by atoms with Gasteiger partial charge in [0.15, 0.2) is 5.69 Å². The summed E-state index contributed by atoms with van der Waals surface area (Å²) in [7, 11) is 1.64. The van der Waals surface area contributed by atoms with Gasteiger partial charge < -0.3 is 10.4 Å². The zero-order valence-corrected chi connectivity index (χ0v) is 19.4. The third-order valence-corrected chi connectivity index (χ3v) is 5.72. The number of anilines is 1. The van der Waals surface area contributed by atoms with Gasteiger partial charge in [-0.3, -0.25) is 9.36 Å². The lowest BCUT2D eigenvalue weighted by atomic mass is 10.0. The minimum Gasteiger partial charge on any atom is -0.476 e. The largest absolute Gasteiger partial charge is 0.476 e. The third kappa shape index (κ3) is 4.21. The Kier molecular flexibility index (Phi) is 6.05. The minimum absolute atomic E-state index is 0.0750. The van der Waals surface area contributed by atoms with E-state index in [2.05, 4.69) is 16.4 Å². The van der Waals surface area contributed by atoms with Crippen molar-refractivity contribution in [1.29, 1.82) is 5.26 Å². The van der Waals surface area contributed by atoms with Gasteiger partial charge in [-0.1, -0.05) is 29.8 Å². The molecule has 170 valence electrons. The van der Waals surface area contributed by atoms with E-state index in [4.69, 9.17) is 16.6 Å². The molecule has 2 N–H and O–H groups in total. The van der Waals surface area contributed by atoms with Gasteiger partial charge in [0.1, 0.15) is 11.0 Å². The molecule has 0 bridgehead atoms. The second kappa shape index (κ2) is 8.96.